The average Bonchev–Trinajstić information content (AvgIpc) is 2.67. The number of pyridine rings is 1. The minimum atomic E-state index is -1.29. The molecule has 7 nitrogen and oxygen atoms in total. The molecule has 0 spiro atoms. The Kier molecular flexibility index (Phi) is 5.23. The van der Waals surface area contributed by atoms with Gasteiger partial charge in [0.15, 0.2) is 11.5 Å². The van der Waals surface area contributed by atoms with Crippen LogP contribution in [0, 0.1) is 11.8 Å². The average molecular weight is 374 g/mol. The number of nitrogens with two attached hydrogens (primary N) is 1. The second-order valence-corrected chi connectivity index (χ2v) is 6.33. The van der Waals surface area contributed by atoms with Gasteiger partial charge < -0.3 is 15.4 Å². The molecule has 0 aliphatic heterocycles. The van der Waals surface area contributed by atoms with Crippen molar-refractivity contribution in [2.24, 2.45) is 0 Å². The van der Waals surface area contributed by atoms with Crippen LogP contribution in [0.2, 0.25) is 0 Å². The fourth-order valence-electron chi connectivity index (χ4n) is 2.59. The van der Waals surface area contributed by atoms with E-state index in [9.17, 15) is 14.7 Å². The number of aromatic carboxylic acids is 1. The Morgan fingerprint density at radius 2 is 1.82 bits per heavy atom. The predicted molar refractivity (Wildman–Crippen MR) is 106 cm³/mol. The van der Waals surface area contributed by atoms with Crippen LogP contribution in [0.3, 0.4) is 0 Å². The van der Waals surface area contributed by atoms with E-state index in [4.69, 9.17) is 5.73 Å². The third kappa shape index (κ3) is 3.91. The molecular weight excluding hydrogens is 356 g/mol. The third-order valence-electron chi connectivity index (χ3n) is 3.99. The van der Waals surface area contributed by atoms with E-state index in [0.717, 1.165) is 5.56 Å². The Balaban J connectivity index is 2.22. The van der Waals surface area contributed by atoms with E-state index in [0.29, 0.717) is 5.56 Å². The van der Waals surface area contributed by atoms with Crippen LogP contribution in [0.1, 0.15) is 41.6 Å². The van der Waals surface area contributed by atoms with Crippen LogP contribution >= 0.6 is 0 Å². The van der Waals surface area contributed by atoms with Crippen molar-refractivity contribution in [3.05, 3.63) is 76.0 Å². The van der Waals surface area contributed by atoms with Gasteiger partial charge in [0.25, 0.3) is 5.56 Å². The number of hydrogen-bond donors (Lipinski definition) is 2. The lowest BCUT2D eigenvalue weighted by Crippen LogP contribution is -2.20. The molecule has 140 valence electrons. The first-order valence-electron chi connectivity index (χ1n) is 8.57. The normalized spacial score (nSPS) is 10.4. The second kappa shape index (κ2) is 7.76. The monoisotopic (exact) mass is 374 g/mol. The smallest absolute Gasteiger partial charge is 0.358 e. The molecule has 28 heavy (non-hydrogen) atoms. The number of carboxylic acid groups (broad SMARTS) is 1. The molecule has 0 aliphatic carbocycles. The number of nitrogen functional groups attached to an aromatic ring is 1. The second-order valence-electron chi connectivity index (χ2n) is 6.33. The lowest BCUT2D eigenvalue weighted by atomic mass is 10.1. The zero-order chi connectivity index (χ0) is 20.3. The van der Waals surface area contributed by atoms with Crippen LogP contribution in [0.5, 0.6) is 0 Å². The van der Waals surface area contributed by atoms with Crippen molar-refractivity contribution in [3.8, 4) is 23.1 Å². The Labute approximate surface area is 161 Å². The zero-order valence-corrected chi connectivity index (χ0v) is 15.4. The number of anilines is 1. The fraction of sp³-hybridized carbons (Fsp3) is 0.143. The molecule has 2 aromatic heterocycles. The van der Waals surface area contributed by atoms with Crippen LogP contribution in [0.4, 0.5) is 5.82 Å². The Bertz CT molecular complexity index is 1160. The maximum atomic E-state index is 12.1. The minimum Gasteiger partial charge on any atom is -0.476 e. The van der Waals surface area contributed by atoms with Crippen LogP contribution in [0.25, 0.3) is 11.3 Å². The molecule has 0 bridgehead atoms. The SMILES string of the molecule is CC(C)n1cc(-c2nc(C(=O)O)c(N)nc2C#Cc2ccccc2)ccc1=O. The van der Waals surface area contributed by atoms with Crippen molar-refractivity contribution in [1.82, 2.24) is 14.5 Å². The summed E-state index contributed by atoms with van der Waals surface area (Å²) < 4.78 is 1.53. The summed E-state index contributed by atoms with van der Waals surface area (Å²) in [6, 6.07) is 12.2. The number of carbonyl (C=O) groups is 1. The standard InChI is InChI=1S/C21H18N4O3/c1-13(2)25-12-15(9-11-17(25)26)18-16(10-8-14-6-4-3-5-7-14)23-20(22)19(24-18)21(27)28/h3-7,9,11-13H,1-2H3,(H2,22,23)(H,27,28). The third-order valence-corrected chi connectivity index (χ3v) is 3.99. The molecule has 0 aliphatic rings. The van der Waals surface area contributed by atoms with Gasteiger partial charge in [-0.25, -0.2) is 14.8 Å². The maximum Gasteiger partial charge on any atom is 0.358 e. The van der Waals surface area contributed by atoms with Crippen LogP contribution in [-0.2, 0) is 0 Å². The number of benzene rings is 1. The molecule has 0 saturated heterocycles. The number of carboxylic acids is 1. The van der Waals surface area contributed by atoms with Crippen molar-refractivity contribution >= 4 is 11.8 Å². The summed E-state index contributed by atoms with van der Waals surface area (Å²) in [5, 5.41) is 9.35. The molecule has 3 N–H and O–H groups in total. The fourth-order valence-corrected chi connectivity index (χ4v) is 2.59. The molecule has 0 atom stereocenters. The predicted octanol–water partition coefficient (Wildman–Crippen LogP) is 2.57. The van der Waals surface area contributed by atoms with Gasteiger partial charge in [-0.2, -0.15) is 0 Å². The Hall–Kier alpha value is -3.92. The molecule has 0 fully saturated rings. The number of aromatic nitrogens is 3. The first kappa shape index (κ1) is 18.9. The highest BCUT2D eigenvalue weighted by Crippen LogP contribution is 2.22. The molecular formula is C21H18N4O3. The van der Waals surface area contributed by atoms with Crippen molar-refractivity contribution in [2.45, 2.75) is 19.9 Å². The van der Waals surface area contributed by atoms with E-state index in [-0.39, 0.29) is 34.5 Å². The van der Waals surface area contributed by atoms with Gasteiger partial charge in [0.05, 0.1) is 0 Å². The lowest BCUT2D eigenvalue weighted by molar-refractivity contribution is 0.0691. The maximum absolute atomic E-state index is 12.1. The van der Waals surface area contributed by atoms with E-state index in [1.807, 2.05) is 44.2 Å². The van der Waals surface area contributed by atoms with Gasteiger partial charge in [-0.1, -0.05) is 24.1 Å². The van der Waals surface area contributed by atoms with Gasteiger partial charge in [-0.3, -0.25) is 4.79 Å². The summed E-state index contributed by atoms with van der Waals surface area (Å²) in [6.45, 7) is 3.75. The van der Waals surface area contributed by atoms with Crippen molar-refractivity contribution < 1.29 is 9.90 Å². The number of nitrogens with zero attached hydrogens (tertiary/aromatic N) is 3. The van der Waals surface area contributed by atoms with Gasteiger partial charge in [-0.15, -0.1) is 0 Å². The van der Waals surface area contributed by atoms with Gasteiger partial charge >= 0.3 is 5.97 Å². The molecule has 7 heteroatoms. The summed E-state index contributed by atoms with van der Waals surface area (Å²) in [7, 11) is 0. The molecule has 1 aromatic carbocycles. The highest BCUT2D eigenvalue weighted by molar-refractivity contribution is 5.91. The van der Waals surface area contributed by atoms with Crippen LogP contribution in [0.15, 0.2) is 53.5 Å². The van der Waals surface area contributed by atoms with Crippen molar-refractivity contribution in [2.75, 3.05) is 5.73 Å². The van der Waals surface area contributed by atoms with Gasteiger partial charge in [0, 0.05) is 29.4 Å². The minimum absolute atomic E-state index is 0.0769. The van der Waals surface area contributed by atoms with E-state index in [1.54, 1.807) is 12.3 Å². The van der Waals surface area contributed by atoms with Crippen molar-refractivity contribution in [1.29, 1.82) is 0 Å². The van der Waals surface area contributed by atoms with E-state index >= 15 is 0 Å². The largest absolute Gasteiger partial charge is 0.476 e. The quantitative estimate of drug-likeness (QED) is 0.682. The molecule has 0 radical (unpaired) electrons. The highest BCUT2D eigenvalue weighted by Gasteiger charge is 2.18. The first-order chi connectivity index (χ1) is 13.4. The lowest BCUT2D eigenvalue weighted by Gasteiger charge is -2.12. The van der Waals surface area contributed by atoms with Crippen LogP contribution < -0.4 is 11.3 Å². The van der Waals surface area contributed by atoms with E-state index in [2.05, 4.69) is 21.8 Å². The highest BCUT2D eigenvalue weighted by atomic mass is 16.4. The number of rotatable bonds is 3. The molecule has 0 unspecified atom stereocenters. The summed E-state index contributed by atoms with van der Waals surface area (Å²) in [4.78, 5) is 31.8. The van der Waals surface area contributed by atoms with Gasteiger partial charge in [0.2, 0.25) is 0 Å². The Morgan fingerprint density at radius 1 is 1.11 bits per heavy atom. The van der Waals surface area contributed by atoms with Gasteiger partial charge in [-0.05, 0) is 38.0 Å². The molecule has 2 heterocycles. The van der Waals surface area contributed by atoms with Gasteiger partial charge in [0.1, 0.15) is 11.4 Å². The molecule has 3 rings (SSSR count). The summed E-state index contributed by atoms with van der Waals surface area (Å²) in [6.07, 6.45) is 1.62. The van der Waals surface area contributed by atoms with E-state index < -0.39 is 5.97 Å². The molecule has 0 amide bonds. The Morgan fingerprint density at radius 3 is 2.46 bits per heavy atom. The summed E-state index contributed by atoms with van der Waals surface area (Å²) in [5.41, 5.74) is 7.02. The van der Waals surface area contributed by atoms with E-state index in [1.165, 1.54) is 10.6 Å². The number of hydrogen-bond acceptors (Lipinski definition) is 5. The topological polar surface area (TPSA) is 111 Å². The zero-order valence-electron chi connectivity index (χ0n) is 15.4. The van der Waals surface area contributed by atoms with Crippen molar-refractivity contribution in [3.63, 3.8) is 0 Å². The summed E-state index contributed by atoms with van der Waals surface area (Å²) in [5.74, 6) is 4.38. The first-order valence-corrected chi connectivity index (χ1v) is 8.57. The molecule has 3 aromatic rings. The summed E-state index contributed by atoms with van der Waals surface area (Å²) >= 11 is 0. The molecule has 0 saturated carbocycles. The van der Waals surface area contributed by atoms with Crippen LogP contribution in [-0.4, -0.2) is 25.6 Å².